The van der Waals surface area contributed by atoms with Crippen LogP contribution in [0.25, 0.3) is 0 Å². The number of nitro groups is 1. The first kappa shape index (κ1) is 14.9. The molecule has 5 nitrogen and oxygen atoms in total. The van der Waals surface area contributed by atoms with Crippen LogP contribution in [0.1, 0.15) is 12.5 Å². The van der Waals surface area contributed by atoms with Crippen LogP contribution >= 0.6 is 27.5 Å². The lowest BCUT2D eigenvalue weighted by molar-refractivity contribution is -0.384. The number of hydrogen-bond acceptors (Lipinski definition) is 4. The molecule has 1 atom stereocenters. The number of nitro benzene ring substituents is 1. The molecular weight excluding hydrogens is 325 g/mol. The smallest absolute Gasteiger partial charge is 0.320 e. The Morgan fingerprint density at radius 1 is 1.61 bits per heavy atom. The van der Waals surface area contributed by atoms with E-state index in [-0.39, 0.29) is 10.7 Å². The molecular formula is C11H11BrClNO4. The third kappa shape index (κ3) is 3.96. The highest BCUT2D eigenvalue weighted by Gasteiger charge is 2.19. The van der Waals surface area contributed by atoms with Crippen LogP contribution in [-0.4, -0.2) is 22.3 Å². The molecule has 1 aromatic rings. The molecule has 1 rings (SSSR count). The summed E-state index contributed by atoms with van der Waals surface area (Å²) in [5.74, 6) is -0.393. The maximum absolute atomic E-state index is 11.4. The van der Waals surface area contributed by atoms with Crippen molar-refractivity contribution in [2.45, 2.75) is 18.2 Å². The highest BCUT2D eigenvalue weighted by atomic mass is 79.9. The van der Waals surface area contributed by atoms with E-state index in [1.807, 2.05) is 0 Å². The minimum Gasteiger partial charge on any atom is -0.465 e. The number of carbonyl (C=O) groups excluding carboxylic acids is 1. The lowest BCUT2D eigenvalue weighted by Gasteiger charge is -2.09. The Kier molecular flexibility index (Phi) is 5.55. The first-order valence-corrected chi connectivity index (χ1v) is 6.48. The van der Waals surface area contributed by atoms with Crippen LogP contribution in [0, 0.1) is 10.1 Å². The second-order valence-electron chi connectivity index (χ2n) is 3.47. The second-order valence-corrected chi connectivity index (χ2v) is 4.98. The summed E-state index contributed by atoms with van der Waals surface area (Å²) in [6.07, 6.45) is 0.302. The number of ether oxygens (including phenoxy) is 1. The van der Waals surface area contributed by atoms with Crippen molar-refractivity contribution >= 4 is 39.2 Å². The summed E-state index contributed by atoms with van der Waals surface area (Å²) in [7, 11) is 0. The number of halogens is 2. The minimum absolute atomic E-state index is 0.0750. The van der Waals surface area contributed by atoms with Crippen molar-refractivity contribution in [3.63, 3.8) is 0 Å². The van der Waals surface area contributed by atoms with Crippen LogP contribution in [0.4, 0.5) is 5.69 Å². The van der Waals surface area contributed by atoms with Gasteiger partial charge in [-0.1, -0.05) is 33.6 Å². The maximum atomic E-state index is 11.4. The predicted molar refractivity (Wildman–Crippen MR) is 71.2 cm³/mol. The van der Waals surface area contributed by atoms with Gasteiger partial charge < -0.3 is 4.74 Å². The van der Waals surface area contributed by atoms with Gasteiger partial charge in [0.1, 0.15) is 9.85 Å². The van der Waals surface area contributed by atoms with E-state index in [4.69, 9.17) is 16.3 Å². The number of carbonyl (C=O) groups is 1. The lowest BCUT2D eigenvalue weighted by Crippen LogP contribution is -2.19. The number of benzene rings is 1. The van der Waals surface area contributed by atoms with Crippen LogP contribution in [0.5, 0.6) is 0 Å². The van der Waals surface area contributed by atoms with E-state index in [0.29, 0.717) is 18.6 Å². The Bertz CT molecular complexity index is 466. The van der Waals surface area contributed by atoms with Crippen LogP contribution in [0.3, 0.4) is 0 Å². The molecule has 0 spiro atoms. The Morgan fingerprint density at radius 2 is 2.28 bits per heavy atom. The van der Waals surface area contributed by atoms with Crippen molar-refractivity contribution in [2.24, 2.45) is 0 Å². The monoisotopic (exact) mass is 335 g/mol. The van der Waals surface area contributed by atoms with Crippen LogP contribution in [0.15, 0.2) is 18.2 Å². The number of rotatable bonds is 5. The fraction of sp³-hybridized carbons (Fsp3) is 0.364. The van der Waals surface area contributed by atoms with Crippen molar-refractivity contribution in [2.75, 3.05) is 6.61 Å². The maximum Gasteiger partial charge on any atom is 0.320 e. The van der Waals surface area contributed by atoms with Crippen molar-refractivity contribution in [3.8, 4) is 0 Å². The quantitative estimate of drug-likeness (QED) is 0.358. The van der Waals surface area contributed by atoms with E-state index in [1.54, 1.807) is 13.0 Å². The van der Waals surface area contributed by atoms with Gasteiger partial charge in [-0.15, -0.1) is 0 Å². The zero-order valence-electron chi connectivity index (χ0n) is 9.56. The van der Waals surface area contributed by atoms with Crippen molar-refractivity contribution < 1.29 is 14.5 Å². The van der Waals surface area contributed by atoms with Gasteiger partial charge >= 0.3 is 5.97 Å². The summed E-state index contributed by atoms with van der Waals surface area (Å²) in [6, 6.07) is 4.44. The second kappa shape index (κ2) is 6.70. The van der Waals surface area contributed by atoms with E-state index >= 15 is 0 Å². The average Bonchev–Trinajstić information content (AvgIpc) is 2.31. The molecule has 7 heteroatoms. The van der Waals surface area contributed by atoms with Crippen molar-refractivity contribution in [3.05, 3.63) is 38.9 Å². The van der Waals surface area contributed by atoms with Gasteiger partial charge in [0, 0.05) is 6.07 Å². The highest BCUT2D eigenvalue weighted by molar-refractivity contribution is 9.10. The summed E-state index contributed by atoms with van der Waals surface area (Å²) < 4.78 is 4.83. The van der Waals surface area contributed by atoms with E-state index in [1.165, 1.54) is 12.1 Å². The molecule has 98 valence electrons. The SMILES string of the molecule is CCOC(=O)C(Br)Cc1ccc(Cl)c([N+](=O)[O-])c1. The van der Waals surface area contributed by atoms with E-state index in [2.05, 4.69) is 15.9 Å². The summed E-state index contributed by atoms with van der Waals surface area (Å²) in [6.45, 7) is 2.01. The summed E-state index contributed by atoms with van der Waals surface area (Å²) in [5, 5.41) is 10.8. The summed E-state index contributed by atoms with van der Waals surface area (Å²) in [5.41, 5.74) is 0.471. The van der Waals surface area contributed by atoms with Gasteiger partial charge in [-0.25, -0.2) is 0 Å². The molecule has 0 saturated carbocycles. The Hall–Kier alpha value is -1.14. The first-order valence-electron chi connectivity index (χ1n) is 5.19. The molecule has 0 bridgehead atoms. The molecule has 0 N–H and O–H groups in total. The Labute approximate surface area is 117 Å². The molecule has 0 aliphatic carbocycles. The average molecular weight is 337 g/mol. The summed E-state index contributed by atoms with van der Waals surface area (Å²) in [4.78, 5) is 21.0. The molecule has 0 aliphatic heterocycles. The topological polar surface area (TPSA) is 69.4 Å². The van der Waals surface area contributed by atoms with Gasteiger partial charge in [0.05, 0.1) is 11.5 Å². The van der Waals surface area contributed by atoms with Crippen LogP contribution in [0.2, 0.25) is 5.02 Å². The van der Waals surface area contributed by atoms with Crippen molar-refractivity contribution in [1.29, 1.82) is 0 Å². The Morgan fingerprint density at radius 3 is 2.83 bits per heavy atom. The minimum atomic E-state index is -0.556. The standard InChI is InChI=1S/C11H11BrClNO4/c1-2-18-11(15)8(12)5-7-3-4-9(13)10(6-7)14(16)17/h3-4,6,8H,2,5H2,1H3. The predicted octanol–water partition coefficient (Wildman–Crippen LogP) is 3.12. The lowest BCUT2D eigenvalue weighted by atomic mass is 10.1. The summed E-state index contributed by atoms with van der Waals surface area (Å²) >= 11 is 8.88. The largest absolute Gasteiger partial charge is 0.465 e. The molecule has 0 aliphatic rings. The number of esters is 1. The zero-order valence-corrected chi connectivity index (χ0v) is 11.9. The first-order chi connectivity index (χ1) is 8.45. The van der Waals surface area contributed by atoms with Gasteiger partial charge in [-0.2, -0.15) is 0 Å². The van der Waals surface area contributed by atoms with Gasteiger partial charge in [0.2, 0.25) is 0 Å². The molecule has 0 fully saturated rings. The van der Waals surface area contributed by atoms with Crippen LogP contribution < -0.4 is 0 Å². The highest BCUT2D eigenvalue weighted by Crippen LogP contribution is 2.26. The van der Waals surface area contributed by atoms with E-state index < -0.39 is 15.7 Å². The third-order valence-corrected chi connectivity index (χ3v) is 3.18. The molecule has 0 radical (unpaired) electrons. The third-order valence-electron chi connectivity index (χ3n) is 2.16. The van der Waals surface area contributed by atoms with Gasteiger partial charge in [-0.3, -0.25) is 14.9 Å². The number of alkyl halides is 1. The van der Waals surface area contributed by atoms with Crippen molar-refractivity contribution in [1.82, 2.24) is 0 Å². The van der Waals surface area contributed by atoms with E-state index in [9.17, 15) is 14.9 Å². The van der Waals surface area contributed by atoms with Gasteiger partial charge in [-0.05, 0) is 25.0 Å². The fourth-order valence-electron chi connectivity index (χ4n) is 1.35. The fourth-order valence-corrected chi connectivity index (χ4v) is 2.04. The van der Waals surface area contributed by atoms with Gasteiger partial charge in [0.25, 0.3) is 5.69 Å². The normalized spacial score (nSPS) is 11.9. The van der Waals surface area contributed by atoms with Gasteiger partial charge in [0.15, 0.2) is 0 Å². The molecule has 1 aromatic carbocycles. The number of hydrogen-bond donors (Lipinski definition) is 0. The Balaban J connectivity index is 2.82. The number of nitrogens with zero attached hydrogens (tertiary/aromatic N) is 1. The molecule has 0 saturated heterocycles. The molecule has 18 heavy (non-hydrogen) atoms. The van der Waals surface area contributed by atoms with E-state index in [0.717, 1.165) is 0 Å². The molecule has 0 heterocycles. The molecule has 1 unspecified atom stereocenters. The molecule has 0 amide bonds. The zero-order chi connectivity index (χ0) is 13.7. The molecule has 0 aromatic heterocycles. The van der Waals surface area contributed by atoms with Crippen LogP contribution in [-0.2, 0) is 16.0 Å².